The van der Waals surface area contributed by atoms with Crippen molar-refractivity contribution in [2.24, 2.45) is 0 Å². The van der Waals surface area contributed by atoms with Gasteiger partial charge in [-0.05, 0) is 49.1 Å². The summed E-state index contributed by atoms with van der Waals surface area (Å²) in [6.07, 6.45) is 2.78. The summed E-state index contributed by atoms with van der Waals surface area (Å²) < 4.78 is 5.39. The number of hydrogen-bond donors (Lipinski definition) is 2. The zero-order chi connectivity index (χ0) is 20.8. The monoisotopic (exact) mass is 396 g/mol. The summed E-state index contributed by atoms with van der Waals surface area (Å²) in [5.41, 5.74) is 2.03. The molecule has 29 heavy (non-hydrogen) atoms. The SMILES string of the molecule is COc1ccc(NC(=O)CCc2ccccc2C(=O)O)cc1N1CCCCC1=O. The molecule has 152 valence electrons. The molecule has 2 N–H and O–H groups in total. The predicted molar refractivity (Wildman–Crippen MR) is 110 cm³/mol. The number of nitrogens with one attached hydrogen (secondary N) is 1. The molecular weight excluding hydrogens is 372 g/mol. The first-order valence-corrected chi connectivity index (χ1v) is 9.59. The molecular formula is C22H24N2O5. The van der Waals surface area contributed by atoms with E-state index in [0.29, 0.717) is 42.1 Å². The molecule has 1 aliphatic heterocycles. The van der Waals surface area contributed by atoms with Crippen LogP contribution >= 0.6 is 0 Å². The normalized spacial score (nSPS) is 13.8. The number of aryl methyl sites for hydroxylation is 1. The Morgan fingerprint density at radius 2 is 1.97 bits per heavy atom. The number of carbonyl (C=O) groups excluding carboxylic acids is 2. The first-order valence-electron chi connectivity index (χ1n) is 9.59. The number of ether oxygens (including phenoxy) is 1. The largest absolute Gasteiger partial charge is 0.495 e. The summed E-state index contributed by atoms with van der Waals surface area (Å²) in [5, 5.41) is 12.1. The van der Waals surface area contributed by atoms with Crippen LogP contribution in [0, 0.1) is 0 Å². The third-order valence-electron chi connectivity index (χ3n) is 4.95. The first kappa shape index (κ1) is 20.4. The van der Waals surface area contributed by atoms with Crippen molar-refractivity contribution in [1.29, 1.82) is 0 Å². The molecule has 2 aromatic carbocycles. The van der Waals surface area contributed by atoms with Gasteiger partial charge in [0.2, 0.25) is 11.8 Å². The second kappa shape index (κ2) is 9.23. The Morgan fingerprint density at radius 1 is 1.17 bits per heavy atom. The highest BCUT2D eigenvalue weighted by molar-refractivity contribution is 5.97. The average Bonchev–Trinajstić information content (AvgIpc) is 2.72. The van der Waals surface area contributed by atoms with Gasteiger partial charge < -0.3 is 20.1 Å². The van der Waals surface area contributed by atoms with Gasteiger partial charge in [-0.2, -0.15) is 0 Å². The van der Waals surface area contributed by atoms with Gasteiger partial charge in [0, 0.05) is 25.1 Å². The van der Waals surface area contributed by atoms with Gasteiger partial charge in [-0.15, -0.1) is 0 Å². The maximum Gasteiger partial charge on any atom is 0.335 e. The van der Waals surface area contributed by atoms with Crippen molar-refractivity contribution in [1.82, 2.24) is 0 Å². The minimum Gasteiger partial charge on any atom is -0.495 e. The number of hydrogen-bond acceptors (Lipinski definition) is 4. The third-order valence-corrected chi connectivity index (χ3v) is 4.95. The summed E-state index contributed by atoms with van der Waals surface area (Å²) >= 11 is 0. The van der Waals surface area contributed by atoms with Gasteiger partial charge in [0.1, 0.15) is 5.75 Å². The van der Waals surface area contributed by atoms with Crippen molar-refractivity contribution in [2.45, 2.75) is 32.1 Å². The number of methoxy groups -OCH3 is 1. The maximum absolute atomic E-state index is 12.4. The molecule has 2 amide bonds. The highest BCUT2D eigenvalue weighted by atomic mass is 16.5. The van der Waals surface area contributed by atoms with Gasteiger partial charge in [0.25, 0.3) is 0 Å². The van der Waals surface area contributed by atoms with Gasteiger partial charge in [0.05, 0.1) is 18.4 Å². The molecule has 3 rings (SSSR count). The zero-order valence-corrected chi connectivity index (χ0v) is 16.3. The molecule has 0 bridgehead atoms. The second-order valence-electron chi connectivity index (χ2n) is 6.90. The Labute approximate surface area is 169 Å². The number of carboxylic acid groups (broad SMARTS) is 1. The number of piperidine rings is 1. The molecule has 0 unspecified atom stereocenters. The zero-order valence-electron chi connectivity index (χ0n) is 16.3. The third kappa shape index (κ3) is 4.93. The molecule has 1 aliphatic rings. The van der Waals surface area contributed by atoms with Crippen molar-refractivity contribution >= 4 is 29.2 Å². The van der Waals surface area contributed by atoms with Crippen LogP contribution in [0.1, 0.15) is 41.6 Å². The van der Waals surface area contributed by atoms with Gasteiger partial charge in [-0.3, -0.25) is 9.59 Å². The Hall–Kier alpha value is -3.35. The fraction of sp³-hybridized carbons (Fsp3) is 0.318. The Bertz CT molecular complexity index is 925. The van der Waals surface area contributed by atoms with E-state index in [1.54, 1.807) is 48.4 Å². The second-order valence-corrected chi connectivity index (χ2v) is 6.90. The van der Waals surface area contributed by atoms with Gasteiger partial charge in [-0.1, -0.05) is 18.2 Å². The molecule has 1 heterocycles. The van der Waals surface area contributed by atoms with Crippen molar-refractivity contribution < 1.29 is 24.2 Å². The molecule has 1 saturated heterocycles. The maximum atomic E-state index is 12.4. The van der Waals surface area contributed by atoms with Crippen molar-refractivity contribution in [3.63, 3.8) is 0 Å². The molecule has 0 spiro atoms. The van der Waals surface area contributed by atoms with Crippen LogP contribution in [0.15, 0.2) is 42.5 Å². The van der Waals surface area contributed by atoms with E-state index in [2.05, 4.69) is 5.32 Å². The summed E-state index contributed by atoms with van der Waals surface area (Å²) in [7, 11) is 1.55. The predicted octanol–water partition coefficient (Wildman–Crippen LogP) is 3.48. The average molecular weight is 396 g/mol. The number of nitrogens with zero attached hydrogens (tertiary/aromatic N) is 1. The Kier molecular flexibility index (Phi) is 6.49. The number of benzene rings is 2. The van der Waals surface area contributed by atoms with E-state index < -0.39 is 5.97 Å². The number of rotatable bonds is 7. The van der Waals surface area contributed by atoms with Gasteiger partial charge >= 0.3 is 5.97 Å². The minimum atomic E-state index is -1.01. The molecule has 7 nitrogen and oxygen atoms in total. The summed E-state index contributed by atoms with van der Waals surface area (Å²) in [6, 6.07) is 11.8. The molecule has 0 radical (unpaired) electrons. The van der Waals surface area contributed by atoms with Crippen LogP contribution < -0.4 is 15.0 Å². The van der Waals surface area contributed by atoms with Crippen molar-refractivity contribution in [3.05, 3.63) is 53.6 Å². The van der Waals surface area contributed by atoms with Crippen LogP contribution in [0.25, 0.3) is 0 Å². The number of anilines is 2. The highest BCUT2D eigenvalue weighted by Gasteiger charge is 2.23. The lowest BCUT2D eigenvalue weighted by atomic mass is 10.0. The molecule has 0 aromatic heterocycles. The number of amides is 2. The number of carbonyl (C=O) groups is 3. The van der Waals surface area contributed by atoms with Crippen LogP contribution in [-0.4, -0.2) is 36.5 Å². The van der Waals surface area contributed by atoms with Gasteiger partial charge in [-0.25, -0.2) is 4.79 Å². The Balaban J connectivity index is 1.70. The first-order chi connectivity index (χ1) is 14.0. The van der Waals surface area contributed by atoms with E-state index in [0.717, 1.165) is 12.8 Å². The van der Waals surface area contributed by atoms with Crippen molar-refractivity contribution in [2.75, 3.05) is 23.9 Å². The van der Waals surface area contributed by atoms with Crippen molar-refractivity contribution in [3.8, 4) is 5.75 Å². The quantitative estimate of drug-likeness (QED) is 0.747. The van der Waals surface area contributed by atoms with Crippen LogP contribution in [0.2, 0.25) is 0 Å². The van der Waals surface area contributed by atoms with Crippen LogP contribution in [0.3, 0.4) is 0 Å². The van der Waals surface area contributed by atoms with E-state index in [-0.39, 0.29) is 23.8 Å². The Morgan fingerprint density at radius 3 is 2.69 bits per heavy atom. The molecule has 2 aromatic rings. The van der Waals surface area contributed by atoms with Gasteiger partial charge in [0.15, 0.2) is 0 Å². The minimum absolute atomic E-state index is 0.0447. The smallest absolute Gasteiger partial charge is 0.335 e. The highest BCUT2D eigenvalue weighted by Crippen LogP contribution is 2.33. The van der Waals surface area contributed by atoms with E-state index >= 15 is 0 Å². The van der Waals surface area contributed by atoms with Crippen LogP contribution in [0.5, 0.6) is 5.75 Å². The lowest BCUT2D eigenvalue weighted by Gasteiger charge is -2.28. The summed E-state index contributed by atoms with van der Waals surface area (Å²) in [5.74, 6) is -0.616. The lowest BCUT2D eigenvalue weighted by molar-refractivity contribution is -0.119. The molecule has 0 atom stereocenters. The lowest BCUT2D eigenvalue weighted by Crippen LogP contribution is -2.35. The summed E-state index contributed by atoms with van der Waals surface area (Å²) in [4.78, 5) is 37.7. The van der Waals surface area contributed by atoms with Crippen LogP contribution in [0.4, 0.5) is 11.4 Å². The number of carboxylic acids is 1. The molecule has 1 fully saturated rings. The van der Waals surface area contributed by atoms with Crippen LogP contribution in [-0.2, 0) is 16.0 Å². The standard InChI is InChI=1S/C22H24N2O5/c1-29-19-11-10-16(14-18(19)24-13-5-4-8-21(24)26)23-20(25)12-9-15-6-2-3-7-17(15)22(27)28/h2-3,6-7,10-11,14H,4-5,8-9,12-13H2,1H3,(H,23,25)(H,27,28). The molecule has 0 saturated carbocycles. The molecule has 0 aliphatic carbocycles. The topological polar surface area (TPSA) is 95.9 Å². The fourth-order valence-electron chi connectivity index (χ4n) is 3.46. The van der Waals surface area contributed by atoms with E-state index in [9.17, 15) is 19.5 Å². The fourth-order valence-corrected chi connectivity index (χ4v) is 3.46. The van der Waals surface area contributed by atoms with E-state index in [1.807, 2.05) is 0 Å². The van der Waals surface area contributed by atoms with E-state index in [4.69, 9.17) is 4.74 Å². The molecule has 7 heteroatoms. The summed E-state index contributed by atoms with van der Waals surface area (Å²) in [6.45, 7) is 0.624. The number of aromatic carboxylic acids is 1. The van der Waals surface area contributed by atoms with E-state index in [1.165, 1.54) is 6.07 Å².